The molecule has 0 aromatic carbocycles. The average molecular weight is 625 g/mol. The standard InChI is InChI=1S/C28H42N4O4P2S2/c1-7-11-15-29-21-22(30(27(29)39)16-12-8-2)38-20(26(34)36-6)19(25(33)35-5)37(21)23-24(38)32(18-14-10-4)28(40)31(23)17-13-9-3/h7-18H2,1-6H3. The fourth-order valence-corrected chi connectivity index (χ4v) is 13.7. The van der Waals surface area contributed by atoms with Gasteiger partial charge in [0.05, 0.1) is 46.6 Å². The second-order valence-electron chi connectivity index (χ2n) is 10.2. The summed E-state index contributed by atoms with van der Waals surface area (Å²) in [5, 5.41) is 0.910. The van der Waals surface area contributed by atoms with Crippen LogP contribution in [-0.4, -0.2) is 44.4 Å². The molecular weight excluding hydrogens is 582 g/mol. The van der Waals surface area contributed by atoms with Crippen LogP contribution in [0.3, 0.4) is 0 Å². The smallest absolute Gasteiger partial charge is 0.340 e. The van der Waals surface area contributed by atoms with Gasteiger partial charge in [0.1, 0.15) is 0 Å². The molecule has 0 unspecified atom stereocenters. The Balaban J connectivity index is 2.17. The first-order valence-corrected chi connectivity index (χ1v) is 18.0. The number of rotatable bonds is 14. The Labute approximate surface area is 250 Å². The van der Waals surface area contributed by atoms with Gasteiger partial charge in [-0.2, -0.15) is 0 Å². The van der Waals surface area contributed by atoms with E-state index in [1.807, 2.05) is 0 Å². The molecule has 8 nitrogen and oxygen atoms in total. The van der Waals surface area contributed by atoms with E-state index in [-0.39, 0.29) is 0 Å². The molecule has 3 aliphatic rings. The van der Waals surface area contributed by atoms with E-state index < -0.39 is 27.8 Å². The Bertz CT molecular complexity index is 1260. The van der Waals surface area contributed by atoms with Crippen LogP contribution in [0.5, 0.6) is 0 Å². The predicted molar refractivity (Wildman–Crippen MR) is 170 cm³/mol. The number of carbonyl (C=O) groups excluding carboxylic acids is 2. The Morgan fingerprint density at radius 3 is 1.02 bits per heavy atom. The summed E-state index contributed by atoms with van der Waals surface area (Å²) < 4.78 is 21.4. The van der Waals surface area contributed by atoms with E-state index in [2.05, 4.69) is 46.0 Å². The highest BCUT2D eigenvalue weighted by molar-refractivity contribution is 7.91. The van der Waals surface area contributed by atoms with Gasteiger partial charge in [0.15, 0.2) is 9.54 Å². The number of nitrogens with zero attached hydrogens (tertiary/aromatic N) is 4. The first-order chi connectivity index (χ1) is 19.3. The molecular formula is C28H42N4O4P2S2. The summed E-state index contributed by atoms with van der Waals surface area (Å²) in [5.41, 5.74) is 4.40. The highest BCUT2D eigenvalue weighted by Gasteiger charge is 2.55. The molecule has 0 saturated heterocycles. The molecule has 0 fully saturated rings. The number of hydrogen-bond donors (Lipinski definition) is 0. The maximum atomic E-state index is 13.6. The van der Waals surface area contributed by atoms with E-state index >= 15 is 0 Å². The van der Waals surface area contributed by atoms with Gasteiger partial charge in [-0.25, -0.2) is 9.59 Å². The van der Waals surface area contributed by atoms with Gasteiger partial charge in [-0.05, 0) is 50.1 Å². The normalized spacial score (nSPS) is 17.2. The number of methoxy groups -OCH3 is 2. The van der Waals surface area contributed by atoms with Crippen molar-refractivity contribution >= 4 is 74.0 Å². The van der Waals surface area contributed by atoms with E-state index in [0.29, 0.717) is 10.6 Å². The molecule has 2 bridgehead atoms. The number of hydrogen-bond acceptors (Lipinski definition) is 6. The van der Waals surface area contributed by atoms with Gasteiger partial charge in [0.25, 0.3) is 0 Å². The molecule has 0 saturated carbocycles. The van der Waals surface area contributed by atoms with Crippen molar-refractivity contribution < 1.29 is 19.1 Å². The van der Waals surface area contributed by atoms with Crippen molar-refractivity contribution in [1.82, 2.24) is 18.3 Å². The number of carbonyl (C=O) groups is 2. The van der Waals surface area contributed by atoms with Crippen molar-refractivity contribution in [2.45, 2.75) is 105 Å². The largest absolute Gasteiger partial charge is 0.465 e. The zero-order valence-electron chi connectivity index (χ0n) is 24.6. The molecule has 12 heteroatoms. The van der Waals surface area contributed by atoms with Crippen molar-refractivity contribution in [2.75, 3.05) is 14.2 Å². The topological polar surface area (TPSA) is 72.3 Å². The molecule has 5 rings (SSSR count). The van der Waals surface area contributed by atoms with Gasteiger partial charge in [0, 0.05) is 42.0 Å². The van der Waals surface area contributed by atoms with Crippen LogP contribution in [0.4, 0.5) is 0 Å². The molecule has 2 aromatic rings. The minimum absolute atomic E-state index is 0.455. The second kappa shape index (κ2) is 13.6. The van der Waals surface area contributed by atoms with Crippen LogP contribution in [0.25, 0.3) is 0 Å². The Morgan fingerprint density at radius 2 is 0.825 bits per heavy atom. The third kappa shape index (κ3) is 5.12. The molecule has 5 heterocycles. The molecule has 0 amide bonds. The number of ether oxygens (including phenoxy) is 2. The van der Waals surface area contributed by atoms with Gasteiger partial charge in [-0.15, -0.1) is 0 Å². The van der Waals surface area contributed by atoms with Crippen LogP contribution in [0.15, 0.2) is 10.6 Å². The highest BCUT2D eigenvalue weighted by Crippen LogP contribution is 2.63. The lowest BCUT2D eigenvalue weighted by atomic mass is 10.3. The molecule has 220 valence electrons. The lowest BCUT2D eigenvalue weighted by Gasteiger charge is -2.40. The Hall–Kier alpha value is -1.60. The van der Waals surface area contributed by atoms with E-state index in [9.17, 15) is 9.59 Å². The van der Waals surface area contributed by atoms with Gasteiger partial charge in [-0.1, -0.05) is 53.4 Å². The van der Waals surface area contributed by atoms with Crippen molar-refractivity contribution in [2.24, 2.45) is 0 Å². The monoisotopic (exact) mass is 624 g/mol. The SMILES string of the molecule is CCCCn1c2c(n(CCCC)c1=S)P1C(C(=O)OC)=C(C(=O)OC)P2c2c1n(CCCC)c(=S)n2CCCC. The van der Waals surface area contributed by atoms with Crippen LogP contribution < -0.4 is 21.7 Å². The summed E-state index contributed by atoms with van der Waals surface area (Å²) in [7, 11) is -0.105. The lowest BCUT2D eigenvalue weighted by molar-refractivity contribution is -0.138. The van der Waals surface area contributed by atoms with Crippen LogP contribution in [-0.2, 0) is 45.2 Å². The zero-order chi connectivity index (χ0) is 29.1. The molecule has 0 aliphatic carbocycles. The molecule has 0 radical (unpaired) electrons. The summed E-state index contributed by atoms with van der Waals surface area (Å²) >= 11 is 12.3. The molecule has 3 aliphatic heterocycles. The third-order valence-corrected chi connectivity index (χ3v) is 14.2. The fourth-order valence-electron chi connectivity index (χ4n) is 5.50. The predicted octanol–water partition coefficient (Wildman–Crippen LogP) is 5.30. The van der Waals surface area contributed by atoms with Gasteiger partial charge in [0.2, 0.25) is 0 Å². The van der Waals surface area contributed by atoms with Gasteiger partial charge in [-0.3, -0.25) is 0 Å². The molecule has 0 spiro atoms. The maximum Gasteiger partial charge on any atom is 0.340 e. The number of esters is 2. The van der Waals surface area contributed by atoms with Gasteiger partial charge >= 0.3 is 11.9 Å². The minimum atomic E-state index is -1.45. The summed E-state index contributed by atoms with van der Waals surface area (Å²) in [6.07, 6.45) is 8.04. The third-order valence-electron chi connectivity index (χ3n) is 7.56. The first-order valence-electron chi connectivity index (χ1n) is 14.5. The van der Waals surface area contributed by atoms with Crippen molar-refractivity contribution in [3.8, 4) is 0 Å². The second-order valence-corrected chi connectivity index (χ2v) is 14.9. The molecule has 0 atom stereocenters. The van der Waals surface area contributed by atoms with Crippen LogP contribution >= 0.6 is 40.3 Å². The first kappa shape index (κ1) is 31.3. The maximum absolute atomic E-state index is 13.6. The fraction of sp³-hybridized carbons (Fsp3) is 0.643. The lowest BCUT2D eigenvalue weighted by Crippen LogP contribution is -2.52. The van der Waals surface area contributed by atoms with E-state index in [4.69, 9.17) is 33.9 Å². The summed E-state index contributed by atoms with van der Waals surface area (Å²) in [5.74, 6) is -0.919. The summed E-state index contributed by atoms with van der Waals surface area (Å²) in [6, 6.07) is 0. The minimum Gasteiger partial charge on any atom is -0.465 e. The summed E-state index contributed by atoms with van der Waals surface area (Å²) in [4.78, 5) is 27.3. The van der Waals surface area contributed by atoms with Gasteiger partial charge < -0.3 is 27.7 Å². The van der Waals surface area contributed by atoms with Crippen molar-refractivity contribution in [1.29, 1.82) is 0 Å². The molecule has 2 aromatic heterocycles. The molecule has 0 N–H and O–H groups in total. The van der Waals surface area contributed by atoms with Crippen LogP contribution in [0.1, 0.15) is 79.1 Å². The summed E-state index contributed by atoms with van der Waals surface area (Å²) in [6.45, 7) is 11.8. The van der Waals surface area contributed by atoms with Crippen molar-refractivity contribution in [3.63, 3.8) is 0 Å². The number of unbranched alkanes of at least 4 members (excludes halogenated alkanes) is 4. The van der Waals surface area contributed by atoms with Crippen LogP contribution in [0, 0.1) is 9.54 Å². The Morgan fingerprint density at radius 1 is 0.575 bits per heavy atom. The number of imidazole rings is 2. The zero-order valence-corrected chi connectivity index (χ0v) is 28.0. The highest BCUT2D eigenvalue weighted by atomic mass is 32.1. The van der Waals surface area contributed by atoms with Crippen molar-refractivity contribution in [3.05, 3.63) is 20.2 Å². The van der Waals surface area contributed by atoms with E-state index in [1.54, 1.807) is 0 Å². The quantitative estimate of drug-likeness (QED) is 0.161. The van der Waals surface area contributed by atoms with E-state index in [1.165, 1.54) is 14.2 Å². The Kier molecular flexibility index (Phi) is 10.6. The van der Waals surface area contributed by atoms with Crippen LogP contribution in [0.2, 0.25) is 0 Å². The average Bonchev–Trinajstić information content (AvgIpc) is 3.41. The number of aromatic nitrogens is 4. The van der Waals surface area contributed by atoms with E-state index in [0.717, 1.165) is 109 Å². The molecule has 40 heavy (non-hydrogen) atoms.